The number of anilines is 1. The Morgan fingerprint density at radius 3 is 2.63 bits per heavy atom. The number of fused-ring (bicyclic) bond motifs is 1. The molecule has 2 rings (SSSR count). The zero-order valence-corrected chi connectivity index (χ0v) is 10.5. The number of ketones is 1. The maximum Gasteiger partial charge on any atom is 0.271 e. The average molecular weight is 264 g/mol. The van der Waals surface area contributed by atoms with Crippen molar-refractivity contribution in [1.82, 2.24) is 0 Å². The van der Waals surface area contributed by atoms with Crippen molar-refractivity contribution < 1.29 is 19.2 Å². The molecule has 19 heavy (non-hydrogen) atoms. The number of benzene rings is 1. The lowest BCUT2D eigenvalue weighted by Crippen LogP contribution is -2.48. The quantitative estimate of drug-likeness (QED) is 0.464. The first-order valence-corrected chi connectivity index (χ1v) is 5.68. The van der Waals surface area contributed by atoms with E-state index in [4.69, 9.17) is 4.74 Å². The maximum atomic E-state index is 12.1. The average Bonchev–Trinajstić information content (AvgIpc) is 2.39. The van der Waals surface area contributed by atoms with Crippen LogP contribution in [0.1, 0.15) is 17.3 Å². The zero-order chi connectivity index (χ0) is 14.2. The lowest BCUT2D eigenvalue weighted by Gasteiger charge is -2.31. The molecule has 1 atom stereocenters. The van der Waals surface area contributed by atoms with Crippen molar-refractivity contribution in [1.29, 1.82) is 0 Å². The molecule has 0 aliphatic carbocycles. The zero-order valence-electron chi connectivity index (χ0n) is 10.5. The van der Waals surface area contributed by atoms with Gasteiger partial charge in [0.2, 0.25) is 5.78 Å². The van der Waals surface area contributed by atoms with Gasteiger partial charge in [-0.05, 0) is 13.0 Å². The van der Waals surface area contributed by atoms with E-state index >= 15 is 0 Å². The molecule has 1 aromatic rings. The number of nitrogens with zero attached hydrogens (tertiary/aromatic N) is 2. The van der Waals surface area contributed by atoms with Crippen LogP contribution in [0.15, 0.2) is 18.2 Å². The number of carbonyl (C=O) groups excluding carboxylic acids is 2. The number of hydrogen-bond acceptors (Lipinski definition) is 5. The third-order valence-electron chi connectivity index (χ3n) is 3.03. The molecule has 0 saturated heterocycles. The largest absolute Gasteiger partial charge is 0.364 e. The third-order valence-corrected chi connectivity index (χ3v) is 3.03. The Hall–Kier alpha value is -2.28. The van der Waals surface area contributed by atoms with Crippen LogP contribution in [0.5, 0.6) is 0 Å². The van der Waals surface area contributed by atoms with Crippen LogP contribution < -0.4 is 4.90 Å². The van der Waals surface area contributed by atoms with Gasteiger partial charge in [-0.15, -0.1) is 0 Å². The topological polar surface area (TPSA) is 89.8 Å². The number of nitro groups is 1. The molecule has 7 nitrogen and oxygen atoms in total. The van der Waals surface area contributed by atoms with Crippen LogP contribution >= 0.6 is 0 Å². The van der Waals surface area contributed by atoms with Gasteiger partial charge in [-0.1, -0.05) is 0 Å². The fraction of sp³-hybridized carbons (Fsp3) is 0.333. The Labute approximate surface area is 108 Å². The summed E-state index contributed by atoms with van der Waals surface area (Å²) in [5.74, 6) is -0.968. The summed E-state index contributed by atoms with van der Waals surface area (Å²) >= 11 is 0. The molecule has 1 aromatic carbocycles. The number of non-ortho nitro benzene ring substituents is 1. The van der Waals surface area contributed by atoms with Crippen molar-refractivity contribution in [2.45, 2.75) is 13.0 Å². The van der Waals surface area contributed by atoms with Crippen molar-refractivity contribution in [2.24, 2.45) is 0 Å². The van der Waals surface area contributed by atoms with Gasteiger partial charge in [0.1, 0.15) is 0 Å². The summed E-state index contributed by atoms with van der Waals surface area (Å²) in [4.78, 5) is 35.6. The summed E-state index contributed by atoms with van der Waals surface area (Å²) in [6.07, 6.45) is -1.17. The molecular weight excluding hydrogens is 252 g/mol. The van der Waals surface area contributed by atoms with E-state index in [9.17, 15) is 19.7 Å². The second-order valence-electron chi connectivity index (χ2n) is 4.02. The molecule has 0 N–H and O–H groups in total. The van der Waals surface area contributed by atoms with Crippen LogP contribution in [0, 0.1) is 10.1 Å². The van der Waals surface area contributed by atoms with Crippen LogP contribution in [0.3, 0.4) is 0 Å². The highest BCUT2D eigenvalue weighted by molar-refractivity contribution is 6.24. The van der Waals surface area contributed by atoms with E-state index in [0.29, 0.717) is 6.54 Å². The van der Waals surface area contributed by atoms with Gasteiger partial charge in [0.15, 0.2) is 6.10 Å². The molecule has 7 heteroatoms. The minimum atomic E-state index is -1.17. The number of nitro benzene ring substituents is 1. The highest BCUT2D eigenvalue weighted by Gasteiger charge is 2.39. The molecule has 1 aliphatic heterocycles. The lowest BCUT2D eigenvalue weighted by atomic mass is 9.97. The molecular formula is C12H12N2O5. The third kappa shape index (κ3) is 1.97. The normalized spacial score (nSPS) is 18.4. The van der Waals surface area contributed by atoms with Crippen LogP contribution in [0.2, 0.25) is 0 Å². The monoisotopic (exact) mass is 264 g/mol. The van der Waals surface area contributed by atoms with Crippen LogP contribution in [-0.2, 0) is 9.53 Å². The predicted molar refractivity (Wildman–Crippen MR) is 66.3 cm³/mol. The van der Waals surface area contributed by atoms with Gasteiger partial charge < -0.3 is 9.64 Å². The molecule has 1 heterocycles. The molecule has 1 unspecified atom stereocenters. The number of amides is 1. The summed E-state index contributed by atoms with van der Waals surface area (Å²) in [5.41, 5.74) is 0.368. The maximum absolute atomic E-state index is 12.1. The summed E-state index contributed by atoms with van der Waals surface area (Å²) in [5, 5.41) is 10.8. The summed E-state index contributed by atoms with van der Waals surface area (Å²) in [7, 11) is 1.28. The fourth-order valence-corrected chi connectivity index (χ4v) is 2.11. The van der Waals surface area contributed by atoms with E-state index < -0.39 is 22.7 Å². The number of hydrogen-bond donors (Lipinski definition) is 0. The second-order valence-corrected chi connectivity index (χ2v) is 4.02. The van der Waals surface area contributed by atoms with Crippen molar-refractivity contribution in [3.8, 4) is 0 Å². The van der Waals surface area contributed by atoms with Gasteiger partial charge in [-0.25, -0.2) is 0 Å². The Kier molecular flexibility index (Phi) is 3.30. The molecule has 1 aliphatic rings. The van der Waals surface area contributed by atoms with Gasteiger partial charge in [0, 0.05) is 31.4 Å². The molecule has 0 spiro atoms. The summed E-state index contributed by atoms with van der Waals surface area (Å²) in [6, 6.07) is 3.84. The summed E-state index contributed by atoms with van der Waals surface area (Å²) in [6.45, 7) is 2.03. The van der Waals surface area contributed by atoms with E-state index in [1.165, 1.54) is 30.2 Å². The number of rotatable bonds is 3. The molecule has 0 bridgehead atoms. The van der Waals surface area contributed by atoms with Crippen molar-refractivity contribution in [2.75, 3.05) is 18.6 Å². The van der Waals surface area contributed by atoms with Crippen LogP contribution in [0.25, 0.3) is 0 Å². The van der Waals surface area contributed by atoms with E-state index in [2.05, 4.69) is 0 Å². The Balaban J connectivity index is 2.61. The summed E-state index contributed by atoms with van der Waals surface area (Å²) < 4.78 is 4.91. The fourth-order valence-electron chi connectivity index (χ4n) is 2.11. The van der Waals surface area contributed by atoms with E-state index in [-0.39, 0.29) is 16.9 Å². The highest BCUT2D eigenvalue weighted by atomic mass is 16.6. The molecule has 0 fully saturated rings. The van der Waals surface area contributed by atoms with Crippen molar-refractivity contribution in [3.05, 3.63) is 33.9 Å². The second kappa shape index (κ2) is 4.77. The first kappa shape index (κ1) is 13.2. The molecule has 0 saturated carbocycles. The van der Waals surface area contributed by atoms with Gasteiger partial charge in [-0.2, -0.15) is 0 Å². The van der Waals surface area contributed by atoms with Crippen molar-refractivity contribution >= 4 is 23.1 Å². The smallest absolute Gasteiger partial charge is 0.271 e. The minimum Gasteiger partial charge on any atom is -0.364 e. The Morgan fingerprint density at radius 1 is 1.42 bits per heavy atom. The van der Waals surface area contributed by atoms with Gasteiger partial charge in [0.05, 0.1) is 10.6 Å². The van der Waals surface area contributed by atoms with Crippen molar-refractivity contribution in [3.63, 3.8) is 0 Å². The van der Waals surface area contributed by atoms with Gasteiger partial charge in [0.25, 0.3) is 11.6 Å². The number of ether oxygens (including phenoxy) is 1. The van der Waals surface area contributed by atoms with Gasteiger partial charge >= 0.3 is 0 Å². The molecule has 0 radical (unpaired) electrons. The first-order valence-electron chi connectivity index (χ1n) is 5.68. The highest BCUT2D eigenvalue weighted by Crippen LogP contribution is 2.32. The number of methoxy groups -OCH3 is 1. The van der Waals surface area contributed by atoms with E-state index in [1.54, 1.807) is 6.92 Å². The molecule has 100 valence electrons. The molecule has 0 aromatic heterocycles. The molecule has 1 amide bonds. The van der Waals surface area contributed by atoms with Crippen LogP contribution in [-0.4, -0.2) is 36.4 Å². The van der Waals surface area contributed by atoms with E-state index in [0.717, 1.165) is 0 Å². The van der Waals surface area contributed by atoms with Gasteiger partial charge in [-0.3, -0.25) is 19.7 Å². The lowest BCUT2D eigenvalue weighted by molar-refractivity contribution is -0.384. The Bertz CT molecular complexity index is 569. The standard InChI is InChI=1S/C12H12N2O5/c1-3-13-9-6-7(14(17)18)4-5-8(9)10(15)11(19-2)12(13)16/h4-6,11H,3H2,1-2H3. The first-order chi connectivity index (χ1) is 9.01. The number of likely N-dealkylation sites (N-methyl/N-ethyl adjacent to an activating group) is 1. The van der Waals surface area contributed by atoms with Crippen LogP contribution in [0.4, 0.5) is 11.4 Å². The Morgan fingerprint density at radius 2 is 2.11 bits per heavy atom. The number of Topliss-reactive ketones (excluding diaryl/α,β-unsaturated/α-hetero) is 1. The van der Waals surface area contributed by atoms with E-state index in [1.807, 2.05) is 0 Å². The minimum absolute atomic E-state index is 0.159. The number of carbonyl (C=O) groups is 2. The predicted octanol–water partition coefficient (Wildman–Crippen LogP) is 1.16. The SMILES string of the molecule is CCN1C(=O)C(OC)C(=O)c2ccc([N+](=O)[O-])cc21.